The van der Waals surface area contributed by atoms with Gasteiger partial charge in [0, 0.05) is 36.0 Å². The molecule has 0 radical (unpaired) electrons. The summed E-state index contributed by atoms with van der Waals surface area (Å²) < 4.78 is 38.3. The van der Waals surface area contributed by atoms with Crippen molar-refractivity contribution in [2.45, 2.75) is 75.4 Å². The van der Waals surface area contributed by atoms with Gasteiger partial charge in [0.05, 0.1) is 24.7 Å². The smallest absolute Gasteiger partial charge is 0.287 e. The van der Waals surface area contributed by atoms with Crippen molar-refractivity contribution in [1.82, 2.24) is 40.2 Å². The number of furan rings is 1. The minimum absolute atomic E-state index is 0.00969. The van der Waals surface area contributed by atoms with Crippen molar-refractivity contribution >= 4 is 45.0 Å². The third-order valence-electron chi connectivity index (χ3n) is 10.2. The van der Waals surface area contributed by atoms with Gasteiger partial charge in [0.25, 0.3) is 11.8 Å². The van der Waals surface area contributed by atoms with Crippen LogP contribution in [0.2, 0.25) is 0 Å². The van der Waals surface area contributed by atoms with E-state index in [0.29, 0.717) is 35.0 Å². The van der Waals surface area contributed by atoms with Crippen LogP contribution in [0, 0.1) is 11.3 Å². The summed E-state index contributed by atoms with van der Waals surface area (Å²) in [5.74, 6) is -2.56. The number of likely N-dealkylation sites (tertiary alicyclic amines) is 1. The zero-order chi connectivity index (χ0) is 39.3. The van der Waals surface area contributed by atoms with Gasteiger partial charge in [-0.25, -0.2) is 13.4 Å². The first-order valence-electron chi connectivity index (χ1n) is 17.8. The van der Waals surface area contributed by atoms with E-state index in [9.17, 15) is 27.6 Å². The summed E-state index contributed by atoms with van der Waals surface area (Å²) in [6.07, 6.45) is 5.57. The standard InChI is InChI=1S/C37H42N8O8S2/c1-6-22-19-37(22,35(49)43-55(50,51)25-13-14-25)40-31(46)26-18-23(20-44(26)34(48)30(36(2,3)4)39-32(47)27-8-7-16-53-27)45-41-28(21-9-11-24(52-5)12-10-21)29(42-45)33-38-15-17-54-33/h6-12,15-17,22-23,25-26,30H,1,13-14,18-20H2,2-5H3,(H,39,47)(H,40,46)(H,43,49)/t22-,23-,26+,30+,37+/m0/s1. The van der Waals surface area contributed by atoms with Crippen molar-refractivity contribution < 1.29 is 36.7 Å². The lowest BCUT2D eigenvalue weighted by Gasteiger charge is -2.35. The number of carbonyl (C=O) groups excluding carboxylic acids is 4. The van der Waals surface area contributed by atoms with Gasteiger partial charge >= 0.3 is 0 Å². The van der Waals surface area contributed by atoms with Crippen molar-refractivity contribution in [3.05, 3.63) is 72.7 Å². The predicted octanol–water partition coefficient (Wildman–Crippen LogP) is 3.33. The third-order valence-corrected chi connectivity index (χ3v) is 12.8. The molecule has 16 nitrogen and oxygen atoms in total. The largest absolute Gasteiger partial charge is 0.497 e. The topological polar surface area (TPSA) is 208 Å². The lowest BCUT2D eigenvalue weighted by atomic mass is 9.85. The van der Waals surface area contributed by atoms with Crippen LogP contribution in [0.4, 0.5) is 0 Å². The fourth-order valence-corrected chi connectivity index (χ4v) is 8.82. The summed E-state index contributed by atoms with van der Waals surface area (Å²) in [4.78, 5) is 63.2. The Morgan fingerprint density at radius 3 is 2.42 bits per heavy atom. The van der Waals surface area contributed by atoms with Gasteiger partial charge in [0.2, 0.25) is 21.8 Å². The lowest BCUT2D eigenvalue weighted by Crippen LogP contribution is -2.60. The Morgan fingerprint density at radius 2 is 1.84 bits per heavy atom. The molecule has 1 aromatic carbocycles. The maximum atomic E-state index is 14.7. The van der Waals surface area contributed by atoms with E-state index in [4.69, 9.17) is 19.4 Å². The first kappa shape index (κ1) is 37.9. The van der Waals surface area contributed by atoms with E-state index in [1.807, 2.05) is 17.5 Å². The SMILES string of the molecule is C=C[C@H]1C[C@]1(NC(=O)[C@H]1C[C@H](n2nc(-c3ccc(OC)cc3)c(-c3nccs3)n2)CN1C(=O)[C@@H](NC(=O)c1ccco1)C(C)(C)C)C(=O)NS(=O)(=O)C1CC1. The van der Waals surface area contributed by atoms with Crippen LogP contribution in [0.25, 0.3) is 22.0 Å². The number of hydrogen-bond acceptors (Lipinski definition) is 12. The van der Waals surface area contributed by atoms with Gasteiger partial charge in [-0.05, 0) is 61.1 Å². The van der Waals surface area contributed by atoms with Crippen molar-refractivity contribution in [1.29, 1.82) is 0 Å². The molecular formula is C37H42N8O8S2. The zero-order valence-electron chi connectivity index (χ0n) is 30.7. The second kappa shape index (κ2) is 14.4. The quantitative estimate of drug-likeness (QED) is 0.168. The Balaban J connectivity index is 1.23. The zero-order valence-corrected chi connectivity index (χ0v) is 32.4. The molecule has 3 aliphatic rings. The third kappa shape index (κ3) is 7.52. The molecule has 7 rings (SSSR count). The maximum Gasteiger partial charge on any atom is 0.287 e. The molecule has 4 aromatic rings. The van der Waals surface area contributed by atoms with E-state index in [-0.39, 0.29) is 25.1 Å². The average Bonchev–Trinajstić information content (AvgIpc) is 3.72. The second-order valence-corrected chi connectivity index (χ2v) is 18.0. The van der Waals surface area contributed by atoms with Gasteiger partial charge < -0.3 is 24.7 Å². The van der Waals surface area contributed by atoms with Crippen LogP contribution in [-0.2, 0) is 24.4 Å². The molecule has 0 bridgehead atoms. The number of nitrogens with zero attached hydrogens (tertiary/aromatic N) is 5. The summed E-state index contributed by atoms with van der Waals surface area (Å²) >= 11 is 1.38. The molecular weight excluding hydrogens is 749 g/mol. The summed E-state index contributed by atoms with van der Waals surface area (Å²) in [6.45, 7) is 9.11. The molecule has 3 N–H and O–H groups in total. The van der Waals surface area contributed by atoms with Crippen LogP contribution in [-0.4, -0.2) is 93.5 Å². The highest BCUT2D eigenvalue weighted by Gasteiger charge is 2.62. The van der Waals surface area contributed by atoms with Crippen LogP contribution in [0.1, 0.15) is 63.1 Å². The van der Waals surface area contributed by atoms with Gasteiger partial charge in [-0.15, -0.1) is 23.0 Å². The highest BCUT2D eigenvalue weighted by atomic mass is 32.2. The Morgan fingerprint density at radius 1 is 1.11 bits per heavy atom. The second-order valence-electron chi connectivity index (χ2n) is 15.1. The Labute approximate surface area is 321 Å². The number of carbonyl (C=O) groups is 4. The van der Waals surface area contributed by atoms with Gasteiger partial charge in [0.1, 0.15) is 39.8 Å². The van der Waals surface area contributed by atoms with Crippen LogP contribution in [0.5, 0.6) is 5.75 Å². The first-order chi connectivity index (χ1) is 26.1. The number of methoxy groups -OCH3 is 1. The van der Waals surface area contributed by atoms with Crippen LogP contribution in [0.3, 0.4) is 0 Å². The van der Waals surface area contributed by atoms with E-state index in [0.717, 1.165) is 5.56 Å². The van der Waals surface area contributed by atoms with E-state index >= 15 is 0 Å². The highest BCUT2D eigenvalue weighted by Crippen LogP contribution is 2.46. The van der Waals surface area contributed by atoms with Crippen molar-refractivity contribution in [3.8, 4) is 27.7 Å². The molecule has 0 unspecified atom stereocenters. The fraction of sp³-hybridized carbons (Fsp3) is 0.432. The molecule has 0 spiro atoms. The highest BCUT2D eigenvalue weighted by molar-refractivity contribution is 7.91. The Bertz CT molecular complexity index is 2210. The molecule has 290 valence electrons. The van der Waals surface area contributed by atoms with E-state index in [1.165, 1.54) is 39.4 Å². The van der Waals surface area contributed by atoms with Gasteiger partial charge in [-0.2, -0.15) is 9.90 Å². The number of hydrogen-bond donors (Lipinski definition) is 3. The number of ether oxygens (including phenoxy) is 1. The molecule has 18 heteroatoms. The Hall–Kier alpha value is -5.36. The number of amides is 4. The van der Waals surface area contributed by atoms with E-state index in [2.05, 4.69) is 26.9 Å². The van der Waals surface area contributed by atoms with E-state index in [1.54, 1.807) is 52.3 Å². The van der Waals surface area contributed by atoms with Crippen LogP contribution < -0.4 is 20.1 Å². The number of thiazole rings is 1. The molecule has 4 amide bonds. The number of sulfonamides is 1. The first-order valence-corrected chi connectivity index (χ1v) is 20.2. The molecule has 2 saturated carbocycles. The number of nitrogens with one attached hydrogen (secondary N) is 3. The molecule has 1 saturated heterocycles. The minimum Gasteiger partial charge on any atom is -0.497 e. The number of rotatable bonds is 13. The van der Waals surface area contributed by atoms with Crippen molar-refractivity contribution in [3.63, 3.8) is 0 Å². The maximum absolute atomic E-state index is 14.7. The van der Waals surface area contributed by atoms with Crippen molar-refractivity contribution in [2.75, 3.05) is 13.7 Å². The monoisotopic (exact) mass is 790 g/mol. The fourth-order valence-electron chi connectivity index (χ4n) is 6.83. The molecule has 3 fully saturated rings. The lowest BCUT2D eigenvalue weighted by molar-refractivity contribution is -0.142. The number of benzene rings is 1. The summed E-state index contributed by atoms with van der Waals surface area (Å²) in [6, 6.07) is 7.41. The van der Waals surface area contributed by atoms with Gasteiger partial charge in [-0.3, -0.25) is 23.9 Å². The normalized spacial score (nSPS) is 22.8. The van der Waals surface area contributed by atoms with Crippen LogP contribution >= 0.6 is 11.3 Å². The number of aromatic nitrogens is 4. The van der Waals surface area contributed by atoms with Crippen LogP contribution in [0.15, 0.2) is 71.3 Å². The average molecular weight is 791 g/mol. The summed E-state index contributed by atoms with van der Waals surface area (Å²) in [5, 5.41) is 17.1. The summed E-state index contributed by atoms with van der Waals surface area (Å²) in [5.41, 5.74) is -0.632. The molecule has 55 heavy (non-hydrogen) atoms. The molecule has 3 aromatic heterocycles. The minimum atomic E-state index is -3.92. The molecule has 4 heterocycles. The molecule has 1 aliphatic heterocycles. The van der Waals surface area contributed by atoms with E-state index < -0.39 is 73.9 Å². The molecule has 5 atom stereocenters. The Kier molecular flexibility index (Phi) is 9.91. The van der Waals surface area contributed by atoms with Gasteiger partial charge in [-0.1, -0.05) is 26.8 Å². The van der Waals surface area contributed by atoms with Gasteiger partial charge in [0.15, 0.2) is 5.76 Å². The predicted molar refractivity (Wildman–Crippen MR) is 201 cm³/mol. The van der Waals surface area contributed by atoms with Crippen molar-refractivity contribution in [2.24, 2.45) is 11.3 Å². The summed E-state index contributed by atoms with van der Waals surface area (Å²) in [7, 11) is -2.35. The molecule has 2 aliphatic carbocycles.